The molecule has 1 rings (SSSR count). The van der Waals surface area contributed by atoms with E-state index in [9.17, 15) is 5.11 Å². The first-order valence-electron chi connectivity index (χ1n) is 5.38. The van der Waals surface area contributed by atoms with Gasteiger partial charge in [0, 0.05) is 22.6 Å². The maximum Gasteiger partial charge on any atom is 0.120 e. The zero-order valence-electron chi connectivity index (χ0n) is 9.26. The van der Waals surface area contributed by atoms with Gasteiger partial charge in [0.2, 0.25) is 0 Å². The van der Waals surface area contributed by atoms with Crippen molar-refractivity contribution in [2.45, 2.75) is 39.3 Å². The Labute approximate surface area is 99.8 Å². The third-order valence-electron chi connectivity index (χ3n) is 2.61. The Balaban J connectivity index is 2.60. The van der Waals surface area contributed by atoms with E-state index in [0.717, 1.165) is 29.4 Å². The summed E-state index contributed by atoms with van der Waals surface area (Å²) in [7, 11) is 0. The van der Waals surface area contributed by atoms with Crippen LogP contribution in [0.4, 0.5) is 0 Å². The summed E-state index contributed by atoms with van der Waals surface area (Å²) >= 11 is 3.40. The van der Waals surface area contributed by atoms with Crippen molar-refractivity contribution in [3.63, 3.8) is 0 Å². The first kappa shape index (κ1) is 12.5. The van der Waals surface area contributed by atoms with Crippen LogP contribution in [0.3, 0.4) is 0 Å². The van der Waals surface area contributed by atoms with Crippen LogP contribution >= 0.6 is 15.9 Å². The van der Waals surface area contributed by atoms with Gasteiger partial charge in [-0.2, -0.15) is 0 Å². The topological polar surface area (TPSA) is 32.3 Å². The SMILES string of the molecule is CCC(CC)NCc1cc(Br)ccc1O. The fourth-order valence-corrected chi connectivity index (χ4v) is 1.94. The lowest BCUT2D eigenvalue weighted by atomic mass is 10.1. The van der Waals surface area contributed by atoms with Crippen molar-refractivity contribution in [3.05, 3.63) is 28.2 Å². The predicted molar refractivity (Wildman–Crippen MR) is 67.0 cm³/mol. The van der Waals surface area contributed by atoms with Crippen molar-refractivity contribution in [2.24, 2.45) is 0 Å². The minimum Gasteiger partial charge on any atom is -0.508 e. The summed E-state index contributed by atoms with van der Waals surface area (Å²) in [6, 6.07) is 6.04. The van der Waals surface area contributed by atoms with Crippen LogP contribution in [0, 0.1) is 0 Å². The van der Waals surface area contributed by atoms with Gasteiger partial charge in [0.15, 0.2) is 0 Å². The van der Waals surface area contributed by atoms with E-state index in [0.29, 0.717) is 11.8 Å². The quantitative estimate of drug-likeness (QED) is 0.860. The van der Waals surface area contributed by atoms with E-state index in [1.54, 1.807) is 6.07 Å². The molecule has 3 heteroatoms. The zero-order chi connectivity index (χ0) is 11.3. The second-order valence-corrected chi connectivity index (χ2v) is 4.58. The van der Waals surface area contributed by atoms with Gasteiger partial charge < -0.3 is 10.4 Å². The van der Waals surface area contributed by atoms with Gasteiger partial charge in [-0.1, -0.05) is 29.8 Å². The van der Waals surface area contributed by atoms with Gasteiger partial charge in [-0.25, -0.2) is 0 Å². The maximum absolute atomic E-state index is 9.63. The smallest absolute Gasteiger partial charge is 0.120 e. The highest BCUT2D eigenvalue weighted by atomic mass is 79.9. The highest BCUT2D eigenvalue weighted by Crippen LogP contribution is 2.21. The van der Waals surface area contributed by atoms with Gasteiger partial charge in [0.05, 0.1) is 0 Å². The van der Waals surface area contributed by atoms with E-state index in [1.807, 2.05) is 12.1 Å². The number of hydrogen-bond donors (Lipinski definition) is 2. The molecule has 1 aromatic rings. The van der Waals surface area contributed by atoms with E-state index in [2.05, 4.69) is 35.1 Å². The fraction of sp³-hybridized carbons (Fsp3) is 0.500. The van der Waals surface area contributed by atoms with Gasteiger partial charge in [-0.15, -0.1) is 0 Å². The Bertz CT molecular complexity index is 310. The molecule has 84 valence electrons. The fourth-order valence-electron chi connectivity index (χ4n) is 1.53. The first-order chi connectivity index (χ1) is 7.17. The van der Waals surface area contributed by atoms with E-state index in [1.165, 1.54) is 0 Å². The lowest BCUT2D eigenvalue weighted by molar-refractivity contribution is 0.447. The summed E-state index contributed by atoms with van der Waals surface area (Å²) < 4.78 is 1.00. The van der Waals surface area contributed by atoms with E-state index in [4.69, 9.17) is 0 Å². The van der Waals surface area contributed by atoms with Crippen LogP contribution in [0.1, 0.15) is 32.3 Å². The lowest BCUT2D eigenvalue weighted by Gasteiger charge is -2.15. The van der Waals surface area contributed by atoms with Crippen LogP contribution in [0.5, 0.6) is 5.75 Å². The van der Waals surface area contributed by atoms with Crippen molar-refractivity contribution in [3.8, 4) is 5.75 Å². The van der Waals surface area contributed by atoms with Crippen LogP contribution in [0.2, 0.25) is 0 Å². The molecule has 0 fully saturated rings. The number of halogens is 1. The summed E-state index contributed by atoms with van der Waals surface area (Å²) in [5, 5.41) is 13.1. The zero-order valence-corrected chi connectivity index (χ0v) is 10.8. The monoisotopic (exact) mass is 271 g/mol. The Hall–Kier alpha value is -0.540. The molecular formula is C12H18BrNO. The average Bonchev–Trinajstić information content (AvgIpc) is 2.24. The summed E-state index contributed by atoms with van der Waals surface area (Å²) in [5.74, 6) is 0.358. The summed E-state index contributed by atoms with van der Waals surface area (Å²) in [6.07, 6.45) is 2.23. The van der Waals surface area contributed by atoms with E-state index < -0.39 is 0 Å². The number of phenols is 1. The highest BCUT2D eigenvalue weighted by Gasteiger charge is 2.05. The van der Waals surface area contributed by atoms with Gasteiger partial charge in [-0.05, 0) is 31.0 Å². The molecule has 0 aliphatic rings. The molecule has 2 nitrogen and oxygen atoms in total. The number of aromatic hydroxyl groups is 1. The molecule has 0 saturated heterocycles. The van der Waals surface area contributed by atoms with Gasteiger partial charge in [-0.3, -0.25) is 0 Å². The van der Waals surface area contributed by atoms with Crippen molar-refractivity contribution in [1.82, 2.24) is 5.32 Å². The largest absolute Gasteiger partial charge is 0.508 e. The molecule has 0 heterocycles. The molecule has 0 amide bonds. The third-order valence-corrected chi connectivity index (χ3v) is 3.10. The molecule has 0 atom stereocenters. The molecular weight excluding hydrogens is 254 g/mol. The second kappa shape index (κ2) is 6.13. The normalized spacial score (nSPS) is 10.9. The Morgan fingerprint density at radius 2 is 2.00 bits per heavy atom. The number of nitrogens with one attached hydrogen (secondary N) is 1. The Kier molecular flexibility index (Phi) is 5.12. The summed E-state index contributed by atoms with van der Waals surface area (Å²) in [6.45, 7) is 5.06. The molecule has 0 aromatic heterocycles. The van der Waals surface area contributed by atoms with Crippen molar-refractivity contribution in [2.75, 3.05) is 0 Å². The summed E-state index contributed by atoms with van der Waals surface area (Å²) in [5.41, 5.74) is 0.941. The standard InChI is InChI=1S/C12H18BrNO/c1-3-11(4-2)14-8-9-7-10(13)5-6-12(9)15/h5-7,11,14-15H,3-4,8H2,1-2H3. The molecule has 15 heavy (non-hydrogen) atoms. The molecule has 0 aliphatic carbocycles. The van der Waals surface area contributed by atoms with Crippen LogP contribution in [-0.2, 0) is 6.54 Å². The number of phenolic OH excluding ortho intramolecular Hbond substituents is 1. The molecule has 0 saturated carbocycles. The molecule has 0 radical (unpaired) electrons. The minimum absolute atomic E-state index is 0.358. The molecule has 1 aromatic carbocycles. The number of hydrogen-bond acceptors (Lipinski definition) is 2. The third kappa shape index (κ3) is 3.84. The molecule has 0 spiro atoms. The highest BCUT2D eigenvalue weighted by molar-refractivity contribution is 9.10. The van der Waals surface area contributed by atoms with Crippen LogP contribution in [0.25, 0.3) is 0 Å². The van der Waals surface area contributed by atoms with Gasteiger partial charge in [0.1, 0.15) is 5.75 Å². The second-order valence-electron chi connectivity index (χ2n) is 3.67. The molecule has 0 aliphatic heterocycles. The number of benzene rings is 1. The first-order valence-corrected chi connectivity index (χ1v) is 6.17. The van der Waals surface area contributed by atoms with Crippen molar-refractivity contribution >= 4 is 15.9 Å². The Morgan fingerprint density at radius 1 is 1.33 bits per heavy atom. The summed E-state index contributed by atoms with van der Waals surface area (Å²) in [4.78, 5) is 0. The molecule has 0 unspecified atom stereocenters. The van der Waals surface area contributed by atoms with Crippen LogP contribution < -0.4 is 5.32 Å². The lowest BCUT2D eigenvalue weighted by Crippen LogP contribution is -2.26. The maximum atomic E-state index is 9.63. The Morgan fingerprint density at radius 3 is 2.60 bits per heavy atom. The van der Waals surface area contributed by atoms with E-state index in [-0.39, 0.29) is 0 Å². The van der Waals surface area contributed by atoms with Crippen LogP contribution in [0.15, 0.2) is 22.7 Å². The minimum atomic E-state index is 0.358. The van der Waals surface area contributed by atoms with Gasteiger partial charge >= 0.3 is 0 Å². The molecule has 2 N–H and O–H groups in total. The average molecular weight is 272 g/mol. The predicted octanol–water partition coefficient (Wildman–Crippen LogP) is 3.43. The van der Waals surface area contributed by atoms with Crippen molar-refractivity contribution in [1.29, 1.82) is 0 Å². The van der Waals surface area contributed by atoms with Gasteiger partial charge in [0.25, 0.3) is 0 Å². The van der Waals surface area contributed by atoms with Crippen LogP contribution in [-0.4, -0.2) is 11.1 Å². The van der Waals surface area contributed by atoms with Crippen molar-refractivity contribution < 1.29 is 5.11 Å². The number of rotatable bonds is 5. The molecule has 0 bridgehead atoms. The van der Waals surface area contributed by atoms with E-state index >= 15 is 0 Å².